The molecular formula is C15H15FN2O3. The van der Waals surface area contributed by atoms with Gasteiger partial charge in [0.2, 0.25) is 0 Å². The van der Waals surface area contributed by atoms with Gasteiger partial charge in [0.05, 0.1) is 11.5 Å². The maximum Gasteiger partial charge on any atom is 0.333 e. The van der Waals surface area contributed by atoms with E-state index in [-0.39, 0.29) is 23.8 Å². The minimum Gasteiger partial charge on any atom is -0.487 e. The van der Waals surface area contributed by atoms with Crippen molar-refractivity contribution < 1.29 is 14.1 Å². The monoisotopic (exact) mass is 290 g/mol. The smallest absolute Gasteiger partial charge is 0.333 e. The van der Waals surface area contributed by atoms with Gasteiger partial charge in [0.25, 0.3) is 0 Å². The van der Waals surface area contributed by atoms with Crippen LogP contribution >= 0.6 is 0 Å². The number of nitro groups is 1. The van der Waals surface area contributed by atoms with Gasteiger partial charge in [-0.15, -0.1) is 0 Å². The third-order valence-electron chi connectivity index (χ3n) is 2.91. The molecule has 0 aliphatic rings. The summed E-state index contributed by atoms with van der Waals surface area (Å²) in [5, 5.41) is 14.1. The Morgan fingerprint density at radius 1 is 1.24 bits per heavy atom. The van der Waals surface area contributed by atoms with E-state index in [1.165, 1.54) is 12.1 Å². The highest BCUT2D eigenvalue weighted by Gasteiger charge is 2.20. The number of para-hydroxylation sites is 1. The van der Waals surface area contributed by atoms with E-state index >= 15 is 0 Å². The van der Waals surface area contributed by atoms with Crippen molar-refractivity contribution in [3.63, 3.8) is 0 Å². The molecule has 1 N–H and O–H groups in total. The maximum atomic E-state index is 13.6. The molecule has 2 rings (SSSR count). The molecule has 2 aromatic carbocycles. The molecule has 0 spiro atoms. The lowest BCUT2D eigenvalue weighted by Gasteiger charge is -2.10. The van der Waals surface area contributed by atoms with Gasteiger partial charge in [-0.3, -0.25) is 10.1 Å². The predicted octanol–water partition coefficient (Wildman–Crippen LogP) is 3.74. The fourth-order valence-electron chi connectivity index (χ4n) is 1.96. The van der Waals surface area contributed by atoms with Gasteiger partial charge in [0.1, 0.15) is 11.5 Å². The van der Waals surface area contributed by atoms with Gasteiger partial charge in [-0.25, -0.2) is 4.39 Å². The third kappa shape index (κ3) is 3.47. The SMILES string of the molecule is CCOc1cccc(NCc2ccccc2F)c1[N+](=O)[O-]. The fourth-order valence-corrected chi connectivity index (χ4v) is 1.96. The number of nitrogens with zero attached hydrogens (tertiary/aromatic N) is 1. The summed E-state index contributed by atoms with van der Waals surface area (Å²) < 4.78 is 18.8. The molecule has 0 atom stereocenters. The molecule has 0 aliphatic carbocycles. The van der Waals surface area contributed by atoms with E-state index in [0.717, 1.165) is 0 Å². The van der Waals surface area contributed by atoms with Gasteiger partial charge >= 0.3 is 5.69 Å². The average Bonchev–Trinajstić information content (AvgIpc) is 2.46. The first-order valence-corrected chi connectivity index (χ1v) is 6.51. The first-order chi connectivity index (χ1) is 10.1. The predicted molar refractivity (Wildman–Crippen MR) is 78.0 cm³/mol. The van der Waals surface area contributed by atoms with Crippen molar-refractivity contribution in [2.75, 3.05) is 11.9 Å². The second-order valence-electron chi connectivity index (χ2n) is 4.29. The van der Waals surface area contributed by atoms with E-state index < -0.39 is 4.92 Å². The Bertz CT molecular complexity index is 647. The minimum absolute atomic E-state index is 0.143. The summed E-state index contributed by atoms with van der Waals surface area (Å²) in [6.07, 6.45) is 0. The summed E-state index contributed by atoms with van der Waals surface area (Å²) in [6, 6.07) is 11.0. The van der Waals surface area contributed by atoms with Gasteiger partial charge in [0, 0.05) is 12.1 Å². The number of hydrogen-bond acceptors (Lipinski definition) is 4. The van der Waals surface area contributed by atoms with Gasteiger partial charge < -0.3 is 10.1 Å². The van der Waals surface area contributed by atoms with Crippen molar-refractivity contribution in [3.8, 4) is 5.75 Å². The molecule has 0 aliphatic heterocycles. The summed E-state index contributed by atoms with van der Waals surface area (Å²) in [4.78, 5) is 10.7. The van der Waals surface area contributed by atoms with Crippen LogP contribution in [0.5, 0.6) is 5.75 Å². The van der Waals surface area contributed by atoms with Crippen LogP contribution in [0.2, 0.25) is 0 Å². The normalized spacial score (nSPS) is 10.2. The van der Waals surface area contributed by atoms with Crippen molar-refractivity contribution >= 4 is 11.4 Å². The Hall–Kier alpha value is -2.63. The van der Waals surface area contributed by atoms with Crippen LogP contribution in [0.15, 0.2) is 42.5 Å². The number of nitro benzene ring substituents is 1. The molecule has 0 amide bonds. The average molecular weight is 290 g/mol. The van der Waals surface area contributed by atoms with E-state index in [1.807, 2.05) is 0 Å². The number of anilines is 1. The van der Waals surface area contributed by atoms with E-state index in [4.69, 9.17) is 4.74 Å². The summed E-state index contributed by atoms with van der Waals surface area (Å²) in [6.45, 7) is 2.24. The molecule has 0 heterocycles. The van der Waals surface area contributed by atoms with Crippen molar-refractivity contribution in [2.24, 2.45) is 0 Å². The second-order valence-corrected chi connectivity index (χ2v) is 4.29. The molecule has 0 saturated carbocycles. The molecule has 6 heteroatoms. The Labute approximate surface area is 121 Å². The zero-order valence-corrected chi connectivity index (χ0v) is 11.5. The van der Waals surface area contributed by atoms with E-state index in [9.17, 15) is 14.5 Å². The second kappa shape index (κ2) is 6.69. The van der Waals surface area contributed by atoms with Crippen LogP contribution in [-0.4, -0.2) is 11.5 Å². The van der Waals surface area contributed by atoms with Crippen LogP contribution in [0.25, 0.3) is 0 Å². The van der Waals surface area contributed by atoms with Crippen molar-refractivity contribution in [1.82, 2.24) is 0 Å². The number of halogens is 1. The van der Waals surface area contributed by atoms with Crippen LogP contribution in [0.3, 0.4) is 0 Å². The van der Waals surface area contributed by atoms with Crippen LogP contribution in [-0.2, 0) is 6.54 Å². The molecule has 0 saturated heterocycles. The lowest BCUT2D eigenvalue weighted by molar-refractivity contribution is -0.384. The minimum atomic E-state index is -0.505. The first kappa shape index (κ1) is 14.8. The molecule has 0 radical (unpaired) electrons. The number of rotatable bonds is 6. The zero-order chi connectivity index (χ0) is 15.2. The van der Waals surface area contributed by atoms with Gasteiger partial charge in [-0.1, -0.05) is 24.3 Å². The number of hydrogen-bond donors (Lipinski definition) is 1. The largest absolute Gasteiger partial charge is 0.487 e. The highest BCUT2D eigenvalue weighted by atomic mass is 19.1. The zero-order valence-electron chi connectivity index (χ0n) is 11.5. The Morgan fingerprint density at radius 2 is 2.00 bits per heavy atom. The molecule has 2 aromatic rings. The highest BCUT2D eigenvalue weighted by molar-refractivity contribution is 5.68. The molecule has 0 fully saturated rings. The standard InChI is InChI=1S/C15H15FN2O3/c1-2-21-14-9-5-8-13(15(14)18(19)20)17-10-11-6-3-4-7-12(11)16/h3-9,17H,2,10H2,1H3. The Morgan fingerprint density at radius 3 is 2.67 bits per heavy atom. The van der Waals surface area contributed by atoms with E-state index in [0.29, 0.717) is 17.9 Å². The Balaban J connectivity index is 2.25. The summed E-state index contributed by atoms with van der Waals surface area (Å²) in [5.74, 6) is -0.158. The lowest BCUT2D eigenvalue weighted by Crippen LogP contribution is -2.06. The van der Waals surface area contributed by atoms with Crippen LogP contribution in [0, 0.1) is 15.9 Å². The molecule has 0 bridgehead atoms. The van der Waals surface area contributed by atoms with E-state index in [2.05, 4.69) is 5.32 Å². The summed E-state index contributed by atoms with van der Waals surface area (Å²) in [5.41, 5.74) is 0.596. The third-order valence-corrected chi connectivity index (χ3v) is 2.91. The van der Waals surface area contributed by atoms with Crippen LogP contribution in [0.1, 0.15) is 12.5 Å². The van der Waals surface area contributed by atoms with Gasteiger partial charge in [0.15, 0.2) is 5.75 Å². The topological polar surface area (TPSA) is 64.4 Å². The molecule has 110 valence electrons. The van der Waals surface area contributed by atoms with Crippen molar-refractivity contribution in [3.05, 3.63) is 64.0 Å². The number of ether oxygens (including phenoxy) is 1. The quantitative estimate of drug-likeness (QED) is 0.650. The van der Waals surface area contributed by atoms with Crippen LogP contribution < -0.4 is 10.1 Å². The number of nitrogens with one attached hydrogen (secondary N) is 1. The molecule has 0 unspecified atom stereocenters. The number of benzene rings is 2. The van der Waals surface area contributed by atoms with Crippen molar-refractivity contribution in [1.29, 1.82) is 0 Å². The van der Waals surface area contributed by atoms with Gasteiger partial charge in [-0.05, 0) is 25.1 Å². The summed E-state index contributed by atoms with van der Waals surface area (Å²) in [7, 11) is 0. The lowest BCUT2D eigenvalue weighted by atomic mass is 10.2. The molecule has 0 aromatic heterocycles. The maximum absolute atomic E-state index is 13.6. The molecular weight excluding hydrogens is 275 g/mol. The van der Waals surface area contributed by atoms with Crippen LogP contribution in [0.4, 0.5) is 15.8 Å². The van der Waals surface area contributed by atoms with Crippen molar-refractivity contribution in [2.45, 2.75) is 13.5 Å². The summed E-state index contributed by atoms with van der Waals surface area (Å²) >= 11 is 0. The Kier molecular flexibility index (Phi) is 4.71. The molecule has 21 heavy (non-hydrogen) atoms. The van der Waals surface area contributed by atoms with Gasteiger partial charge in [-0.2, -0.15) is 0 Å². The fraction of sp³-hybridized carbons (Fsp3) is 0.200. The first-order valence-electron chi connectivity index (χ1n) is 6.51. The van der Waals surface area contributed by atoms with E-state index in [1.54, 1.807) is 37.3 Å². The molecule has 5 nitrogen and oxygen atoms in total. The highest BCUT2D eigenvalue weighted by Crippen LogP contribution is 2.35.